The number of thiazole rings is 1. The first-order valence-electron chi connectivity index (χ1n) is 11.9. The Morgan fingerprint density at radius 2 is 1.95 bits per heavy atom. The fourth-order valence-corrected chi connectivity index (χ4v) is 7.05. The molecular formula is C27H27BrIN3O5S. The molecule has 0 fully saturated rings. The van der Waals surface area contributed by atoms with E-state index < -0.39 is 6.04 Å². The van der Waals surface area contributed by atoms with Crippen LogP contribution in [0.15, 0.2) is 55.9 Å². The van der Waals surface area contributed by atoms with Gasteiger partial charge in [0.05, 0.1) is 33.6 Å². The van der Waals surface area contributed by atoms with Crippen LogP contribution in [0.1, 0.15) is 37.9 Å². The number of halogens is 2. The van der Waals surface area contributed by atoms with Crippen molar-refractivity contribution in [3.63, 3.8) is 0 Å². The summed E-state index contributed by atoms with van der Waals surface area (Å²) >= 11 is 6.70. The van der Waals surface area contributed by atoms with Crippen LogP contribution in [0.25, 0.3) is 6.08 Å². The number of phenolic OH excluding ortho intramolecular Hbond substituents is 1. The molecule has 1 amide bonds. The van der Waals surface area contributed by atoms with Crippen molar-refractivity contribution in [2.75, 3.05) is 27.3 Å². The summed E-state index contributed by atoms with van der Waals surface area (Å²) in [5, 5.41) is 10.6. The number of ether oxygens (including phenoxy) is 2. The van der Waals surface area contributed by atoms with Crippen molar-refractivity contribution < 1.29 is 19.4 Å². The number of amides is 1. The van der Waals surface area contributed by atoms with Gasteiger partial charge in [-0.3, -0.25) is 14.2 Å². The van der Waals surface area contributed by atoms with E-state index in [-0.39, 0.29) is 17.2 Å². The van der Waals surface area contributed by atoms with Gasteiger partial charge in [0.25, 0.3) is 11.5 Å². The smallest absolute Gasteiger partial charge is 0.271 e. The maximum absolute atomic E-state index is 14.0. The van der Waals surface area contributed by atoms with Gasteiger partial charge < -0.3 is 19.5 Å². The monoisotopic (exact) mass is 711 g/mol. The summed E-state index contributed by atoms with van der Waals surface area (Å²) < 4.78 is 14.5. The fourth-order valence-electron chi connectivity index (χ4n) is 4.46. The molecule has 0 spiro atoms. The van der Waals surface area contributed by atoms with E-state index in [9.17, 15) is 14.7 Å². The van der Waals surface area contributed by atoms with Crippen LogP contribution in [0.2, 0.25) is 0 Å². The lowest BCUT2D eigenvalue weighted by molar-refractivity contribution is -0.127. The number of methoxy groups -OCH3 is 2. The molecule has 38 heavy (non-hydrogen) atoms. The minimum absolute atomic E-state index is 0.0826. The lowest BCUT2D eigenvalue weighted by Gasteiger charge is -2.30. The predicted octanol–water partition coefficient (Wildman–Crippen LogP) is 4.19. The summed E-state index contributed by atoms with van der Waals surface area (Å²) in [6.07, 6.45) is 1.65. The van der Waals surface area contributed by atoms with E-state index in [1.807, 2.05) is 36.4 Å². The number of carbonyl (C=O) groups excluding carboxylic acids is 1. The van der Waals surface area contributed by atoms with E-state index in [4.69, 9.17) is 14.5 Å². The van der Waals surface area contributed by atoms with Crippen LogP contribution in [0.5, 0.6) is 17.2 Å². The summed E-state index contributed by atoms with van der Waals surface area (Å²) in [5.74, 6) is 0.976. The molecule has 0 radical (unpaired) electrons. The van der Waals surface area contributed by atoms with Gasteiger partial charge in [-0.1, -0.05) is 27.3 Å². The third-order valence-electron chi connectivity index (χ3n) is 6.38. The molecule has 0 saturated heterocycles. The third kappa shape index (κ3) is 5.15. The molecule has 0 bridgehead atoms. The zero-order chi connectivity index (χ0) is 27.7. The maximum atomic E-state index is 14.0. The lowest BCUT2D eigenvalue weighted by atomic mass is 9.93. The SMILES string of the molecule is CCN(CC)C(=O)C1=C(C)N=c2s/c(=C/c3cc(Br)cc(I)c3O)c(=O)n2[C@H]1c1cc(OC)ccc1OC. The van der Waals surface area contributed by atoms with Gasteiger partial charge in [0.1, 0.15) is 23.3 Å². The predicted molar refractivity (Wildman–Crippen MR) is 160 cm³/mol. The molecule has 200 valence electrons. The van der Waals surface area contributed by atoms with Crippen molar-refractivity contribution in [1.82, 2.24) is 9.47 Å². The summed E-state index contributed by atoms with van der Waals surface area (Å²) in [7, 11) is 3.11. The summed E-state index contributed by atoms with van der Waals surface area (Å²) in [6.45, 7) is 6.65. The molecule has 1 atom stereocenters. The largest absolute Gasteiger partial charge is 0.506 e. The van der Waals surface area contributed by atoms with Gasteiger partial charge >= 0.3 is 0 Å². The molecule has 2 heterocycles. The van der Waals surface area contributed by atoms with E-state index in [1.165, 1.54) is 15.9 Å². The van der Waals surface area contributed by atoms with E-state index in [0.29, 0.717) is 59.9 Å². The van der Waals surface area contributed by atoms with Crippen LogP contribution < -0.4 is 24.4 Å². The molecule has 1 aliphatic rings. The van der Waals surface area contributed by atoms with Crippen molar-refractivity contribution >= 4 is 61.8 Å². The number of hydrogen-bond acceptors (Lipinski definition) is 7. The van der Waals surface area contributed by atoms with E-state index >= 15 is 0 Å². The number of rotatable bonds is 7. The van der Waals surface area contributed by atoms with E-state index in [2.05, 4.69) is 15.9 Å². The van der Waals surface area contributed by atoms with Crippen molar-refractivity contribution in [3.8, 4) is 17.2 Å². The number of benzene rings is 2. The Hall–Kier alpha value is -2.64. The second-order valence-corrected chi connectivity index (χ2v) is 11.6. The molecule has 0 saturated carbocycles. The van der Waals surface area contributed by atoms with Gasteiger partial charge in [0.15, 0.2) is 4.80 Å². The number of aromatic nitrogens is 1. The van der Waals surface area contributed by atoms with E-state index in [0.717, 1.165) is 4.47 Å². The minimum Gasteiger partial charge on any atom is -0.506 e. The number of carbonyl (C=O) groups is 1. The number of allylic oxidation sites excluding steroid dienone is 1. The number of hydrogen-bond donors (Lipinski definition) is 1. The highest BCUT2D eigenvalue weighted by Gasteiger charge is 2.36. The first-order valence-corrected chi connectivity index (χ1v) is 14.6. The van der Waals surface area contributed by atoms with Crippen LogP contribution in [0, 0.1) is 3.57 Å². The van der Waals surface area contributed by atoms with Crippen molar-refractivity contribution in [3.05, 3.63) is 80.5 Å². The Kier molecular flexibility index (Phi) is 8.68. The summed E-state index contributed by atoms with van der Waals surface area (Å²) in [4.78, 5) is 34.7. The first kappa shape index (κ1) is 28.4. The highest BCUT2D eigenvalue weighted by molar-refractivity contribution is 14.1. The topological polar surface area (TPSA) is 93.4 Å². The minimum atomic E-state index is -0.789. The molecule has 1 aliphatic heterocycles. The molecule has 3 aromatic rings. The highest BCUT2D eigenvalue weighted by atomic mass is 127. The van der Waals surface area contributed by atoms with Crippen molar-refractivity contribution in [2.45, 2.75) is 26.8 Å². The number of nitrogens with zero attached hydrogens (tertiary/aromatic N) is 3. The molecule has 8 nitrogen and oxygen atoms in total. The third-order valence-corrected chi connectivity index (χ3v) is 8.64. The molecule has 4 rings (SSSR count). The Bertz CT molecular complexity index is 1620. The average Bonchev–Trinajstić information content (AvgIpc) is 3.20. The van der Waals surface area contributed by atoms with Crippen molar-refractivity contribution in [2.24, 2.45) is 4.99 Å². The Labute approximate surface area is 246 Å². The zero-order valence-corrected chi connectivity index (χ0v) is 26.1. The van der Waals surface area contributed by atoms with Gasteiger partial charge in [-0.25, -0.2) is 4.99 Å². The maximum Gasteiger partial charge on any atom is 0.271 e. The zero-order valence-electron chi connectivity index (χ0n) is 21.5. The second-order valence-electron chi connectivity index (χ2n) is 8.49. The average molecular weight is 712 g/mol. The second kappa shape index (κ2) is 11.6. The van der Waals surface area contributed by atoms with Gasteiger partial charge in [0, 0.05) is 28.7 Å². The van der Waals surface area contributed by atoms with Crippen LogP contribution in [-0.4, -0.2) is 47.8 Å². The Balaban J connectivity index is 2.05. The summed E-state index contributed by atoms with van der Waals surface area (Å²) in [5.41, 5.74) is 1.72. The van der Waals surface area contributed by atoms with Gasteiger partial charge in [-0.05, 0) is 79.8 Å². The van der Waals surface area contributed by atoms with E-state index in [1.54, 1.807) is 62.5 Å². The van der Waals surface area contributed by atoms with Crippen LogP contribution in [-0.2, 0) is 4.79 Å². The van der Waals surface area contributed by atoms with Crippen LogP contribution in [0.3, 0.4) is 0 Å². The fraction of sp³-hybridized carbons (Fsp3) is 0.296. The van der Waals surface area contributed by atoms with Crippen LogP contribution in [0.4, 0.5) is 0 Å². The molecule has 0 unspecified atom stereocenters. The molecule has 11 heteroatoms. The van der Waals surface area contributed by atoms with Gasteiger partial charge in [-0.2, -0.15) is 0 Å². The summed E-state index contributed by atoms with van der Waals surface area (Å²) in [6, 6.07) is 8.07. The quantitative estimate of drug-likeness (QED) is 0.372. The van der Waals surface area contributed by atoms with Gasteiger partial charge in [-0.15, -0.1) is 0 Å². The highest BCUT2D eigenvalue weighted by Crippen LogP contribution is 2.38. The number of fused-ring (bicyclic) bond motifs is 1. The lowest BCUT2D eigenvalue weighted by Crippen LogP contribution is -2.43. The number of aromatic hydroxyl groups is 1. The number of phenols is 1. The first-order chi connectivity index (χ1) is 18.1. The molecule has 1 aromatic heterocycles. The number of likely N-dealkylation sites (N-methyl/N-ethyl adjacent to an activating group) is 1. The van der Waals surface area contributed by atoms with Crippen LogP contribution >= 0.6 is 49.9 Å². The molecular weight excluding hydrogens is 685 g/mol. The Morgan fingerprint density at radius 1 is 1.24 bits per heavy atom. The normalized spacial score (nSPS) is 15.2. The van der Waals surface area contributed by atoms with Gasteiger partial charge in [0.2, 0.25) is 0 Å². The molecule has 2 aromatic carbocycles. The standard InChI is InChI=1S/C27H27BrIN3O5S/c1-6-31(7-2)26(35)22-14(3)30-27-32(23(22)18-13-17(36-4)8-9-20(18)37-5)25(34)21(38-27)11-15-10-16(28)12-19(29)24(15)33/h8-13,23,33H,6-7H2,1-5H3/b21-11+/t23-/m0/s1. The molecule has 0 aliphatic carbocycles. The molecule has 1 N–H and O–H groups in total. The Morgan fingerprint density at radius 3 is 2.58 bits per heavy atom. The van der Waals surface area contributed by atoms with Crippen molar-refractivity contribution in [1.29, 1.82) is 0 Å².